The highest BCUT2D eigenvalue weighted by Gasteiger charge is 2.16. The lowest BCUT2D eigenvalue weighted by Crippen LogP contribution is -2.42. The van der Waals surface area contributed by atoms with Gasteiger partial charge in [0.15, 0.2) is 0 Å². The number of thioether (sulfide) groups is 1. The third-order valence-electron chi connectivity index (χ3n) is 2.01. The molecule has 0 aromatic heterocycles. The zero-order chi connectivity index (χ0) is 11.7. The summed E-state index contributed by atoms with van der Waals surface area (Å²) in [7, 11) is 0. The van der Waals surface area contributed by atoms with Crippen molar-refractivity contribution in [1.29, 1.82) is 0 Å². The fourth-order valence-electron chi connectivity index (χ4n) is 1.13. The molecule has 15 heavy (non-hydrogen) atoms. The number of rotatable bonds is 8. The highest BCUT2D eigenvalue weighted by Crippen LogP contribution is 2.09. The molecule has 2 unspecified atom stereocenters. The number of aliphatic hydroxyl groups is 1. The Kier molecular flexibility index (Phi) is 8.85. The third kappa shape index (κ3) is 6.76. The second-order valence-corrected chi connectivity index (χ2v) is 4.44. The van der Waals surface area contributed by atoms with Crippen LogP contribution >= 0.6 is 11.8 Å². The van der Waals surface area contributed by atoms with Crippen LogP contribution in [0.1, 0.15) is 20.3 Å². The van der Waals surface area contributed by atoms with Crippen LogP contribution in [-0.2, 0) is 9.53 Å². The van der Waals surface area contributed by atoms with E-state index in [-0.39, 0.29) is 30.4 Å². The van der Waals surface area contributed by atoms with Gasteiger partial charge in [-0.25, -0.2) is 0 Å². The van der Waals surface area contributed by atoms with Gasteiger partial charge in [-0.15, -0.1) is 0 Å². The molecule has 2 atom stereocenters. The molecule has 0 radical (unpaired) electrons. The summed E-state index contributed by atoms with van der Waals surface area (Å²) in [6.45, 7) is 4.65. The van der Waals surface area contributed by atoms with E-state index >= 15 is 0 Å². The molecular formula is C10H21NO3S. The van der Waals surface area contributed by atoms with Crippen molar-refractivity contribution < 1.29 is 14.6 Å². The summed E-state index contributed by atoms with van der Waals surface area (Å²) in [5.74, 6) is -0.122. The lowest BCUT2D eigenvalue weighted by atomic mass is 10.2. The molecule has 90 valence electrons. The van der Waals surface area contributed by atoms with E-state index in [0.717, 1.165) is 6.42 Å². The minimum atomic E-state index is -0.122. The molecule has 0 spiro atoms. The van der Waals surface area contributed by atoms with E-state index in [1.54, 1.807) is 11.8 Å². The highest BCUT2D eigenvalue weighted by molar-refractivity contribution is 7.99. The minimum Gasteiger partial charge on any atom is -0.395 e. The van der Waals surface area contributed by atoms with E-state index in [2.05, 4.69) is 5.32 Å². The number of carbonyl (C=O) groups is 1. The Balaban J connectivity index is 3.74. The maximum absolute atomic E-state index is 11.3. The van der Waals surface area contributed by atoms with E-state index in [0.29, 0.717) is 6.61 Å². The van der Waals surface area contributed by atoms with Gasteiger partial charge in [0.2, 0.25) is 5.91 Å². The van der Waals surface area contributed by atoms with E-state index in [1.807, 2.05) is 20.1 Å². The molecule has 2 N–H and O–H groups in total. The Morgan fingerprint density at radius 2 is 2.27 bits per heavy atom. The minimum absolute atomic E-state index is 0.0391. The van der Waals surface area contributed by atoms with Crippen molar-refractivity contribution in [1.82, 2.24) is 5.32 Å². The Bertz CT molecular complexity index is 174. The molecule has 0 aliphatic heterocycles. The summed E-state index contributed by atoms with van der Waals surface area (Å²) >= 11 is 1.54. The summed E-state index contributed by atoms with van der Waals surface area (Å²) in [5, 5.41) is 11.9. The van der Waals surface area contributed by atoms with Gasteiger partial charge in [-0.2, -0.15) is 11.8 Å². The number of carbonyl (C=O) groups excluding carboxylic acids is 1. The first-order valence-electron chi connectivity index (χ1n) is 5.16. The molecular weight excluding hydrogens is 214 g/mol. The Morgan fingerprint density at radius 3 is 2.73 bits per heavy atom. The second-order valence-electron chi connectivity index (χ2n) is 3.37. The van der Waals surface area contributed by atoms with E-state index in [1.165, 1.54) is 0 Å². The molecule has 0 aromatic carbocycles. The normalized spacial score (nSPS) is 14.7. The molecule has 0 fully saturated rings. The zero-order valence-corrected chi connectivity index (χ0v) is 10.5. The number of aliphatic hydroxyl groups excluding tert-OH is 1. The summed E-state index contributed by atoms with van der Waals surface area (Å²) in [6.07, 6.45) is 2.82. The molecule has 0 aliphatic rings. The van der Waals surface area contributed by atoms with E-state index < -0.39 is 0 Å². The van der Waals surface area contributed by atoms with Gasteiger partial charge < -0.3 is 15.2 Å². The summed E-state index contributed by atoms with van der Waals surface area (Å²) in [4.78, 5) is 11.3. The van der Waals surface area contributed by atoms with Gasteiger partial charge in [0.1, 0.15) is 6.61 Å². The molecule has 0 heterocycles. The fourth-order valence-corrected chi connectivity index (χ4v) is 1.76. The number of ether oxygens (including phenoxy) is 1. The molecule has 0 saturated carbocycles. The quantitative estimate of drug-likeness (QED) is 0.606. The van der Waals surface area contributed by atoms with Crippen molar-refractivity contribution in [3.63, 3.8) is 0 Å². The van der Waals surface area contributed by atoms with Gasteiger partial charge >= 0.3 is 0 Å². The van der Waals surface area contributed by atoms with Crippen molar-refractivity contribution in [3.8, 4) is 0 Å². The second kappa shape index (κ2) is 9.00. The van der Waals surface area contributed by atoms with Crippen LogP contribution in [0.25, 0.3) is 0 Å². The Hall–Kier alpha value is -0.260. The SMILES string of the molecule is CCCOCC(=O)NC(C)C(CO)SC. The van der Waals surface area contributed by atoms with Crippen LogP contribution in [0.3, 0.4) is 0 Å². The molecule has 4 nitrogen and oxygen atoms in total. The fraction of sp³-hybridized carbons (Fsp3) is 0.900. The molecule has 0 saturated heterocycles. The summed E-state index contributed by atoms with van der Waals surface area (Å²) < 4.78 is 5.11. The number of hydrogen-bond acceptors (Lipinski definition) is 4. The largest absolute Gasteiger partial charge is 0.395 e. The van der Waals surface area contributed by atoms with Crippen molar-refractivity contribution in [2.45, 2.75) is 31.6 Å². The van der Waals surface area contributed by atoms with E-state index in [4.69, 9.17) is 9.84 Å². The molecule has 5 heteroatoms. The summed E-state index contributed by atoms with van der Waals surface area (Å²) in [6, 6.07) is -0.0391. The average Bonchev–Trinajstić information content (AvgIpc) is 2.20. The first kappa shape index (κ1) is 14.7. The third-order valence-corrected chi connectivity index (χ3v) is 3.17. The van der Waals surface area contributed by atoms with Gasteiger partial charge in [0, 0.05) is 17.9 Å². The monoisotopic (exact) mass is 235 g/mol. The first-order valence-corrected chi connectivity index (χ1v) is 6.45. The van der Waals surface area contributed by atoms with Crippen LogP contribution in [0, 0.1) is 0 Å². The standard InChI is InChI=1S/C10H21NO3S/c1-4-5-14-7-10(13)11-8(2)9(6-12)15-3/h8-9,12H,4-7H2,1-3H3,(H,11,13). The molecule has 0 bridgehead atoms. The number of nitrogens with one attached hydrogen (secondary N) is 1. The maximum Gasteiger partial charge on any atom is 0.246 e. The molecule has 0 rings (SSSR count). The van der Waals surface area contributed by atoms with Crippen LogP contribution in [0.2, 0.25) is 0 Å². The predicted molar refractivity (Wildman–Crippen MR) is 63.1 cm³/mol. The van der Waals surface area contributed by atoms with Gasteiger partial charge in [-0.05, 0) is 19.6 Å². The van der Waals surface area contributed by atoms with Gasteiger partial charge in [-0.1, -0.05) is 6.92 Å². The average molecular weight is 235 g/mol. The van der Waals surface area contributed by atoms with Crippen LogP contribution in [0.15, 0.2) is 0 Å². The van der Waals surface area contributed by atoms with Gasteiger partial charge in [0.25, 0.3) is 0 Å². The van der Waals surface area contributed by atoms with Crippen molar-refractivity contribution in [3.05, 3.63) is 0 Å². The highest BCUT2D eigenvalue weighted by atomic mass is 32.2. The Morgan fingerprint density at radius 1 is 1.60 bits per heavy atom. The van der Waals surface area contributed by atoms with Gasteiger partial charge in [-0.3, -0.25) is 4.79 Å². The maximum atomic E-state index is 11.3. The zero-order valence-electron chi connectivity index (χ0n) is 9.66. The number of amides is 1. The number of hydrogen-bond donors (Lipinski definition) is 2. The van der Waals surface area contributed by atoms with Crippen molar-refractivity contribution in [2.75, 3.05) is 26.1 Å². The van der Waals surface area contributed by atoms with Crippen LogP contribution in [-0.4, -0.2) is 48.4 Å². The molecule has 1 amide bonds. The smallest absolute Gasteiger partial charge is 0.246 e. The topological polar surface area (TPSA) is 58.6 Å². The van der Waals surface area contributed by atoms with Crippen molar-refractivity contribution >= 4 is 17.7 Å². The van der Waals surface area contributed by atoms with Crippen LogP contribution < -0.4 is 5.32 Å². The van der Waals surface area contributed by atoms with Crippen LogP contribution in [0.5, 0.6) is 0 Å². The van der Waals surface area contributed by atoms with Crippen molar-refractivity contribution in [2.24, 2.45) is 0 Å². The Labute approximate surface area is 95.8 Å². The molecule has 0 aliphatic carbocycles. The van der Waals surface area contributed by atoms with E-state index in [9.17, 15) is 4.79 Å². The first-order chi connectivity index (χ1) is 7.15. The predicted octanol–water partition coefficient (Wildman–Crippen LogP) is 0.642. The van der Waals surface area contributed by atoms with Crippen LogP contribution in [0.4, 0.5) is 0 Å². The molecule has 0 aromatic rings. The lowest BCUT2D eigenvalue weighted by Gasteiger charge is -2.21. The lowest BCUT2D eigenvalue weighted by molar-refractivity contribution is -0.126. The van der Waals surface area contributed by atoms with Gasteiger partial charge in [0.05, 0.1) is 6.61 Å². The summed E-state index contributed by atoms with van der Waals surface area (Å²) in [5.41, 5.74) is 0.